The molecule has 5 nitrogen and oxygen atoms in total. The molecular weight excluding hydrogens is 139 g/mol. The standard InChI is InChI=1S/C4H10O2.BH3O3/c1-3-6-4(2)5;2-1(3)4/h4-5H,3H2,1-2H3;2-4H. The molecule has 0 spiro atoms. The van der Waals surface area contributed by atoms with E-state index in [2.05, 4.69) is 4.74 Å². The SMILES string of the molecule is CCOC(C)O.OB(O)O. The van der Waals surface area contributed by atoms with Crippen LogP contribution in [0.25, 0.3) is 0 Å². The smallest absolute Gasteiger partial charge is 0.402 e. The fourth-order valence-corrected chi connectivity index (χ4v) is 0.241. The first-order valence-electron chi connectivity index (χ1n) is 2.84. The van der Waals surface area contributed by atoms with Gasteiger partial charge < -0.3 is 24.9 Å². The Morgan fingerprint density at radius 1 is 1.40 bits per heavy atom. The second-order valence-electron chi connectivity index (χ2n) is 1.40. The fraction of sp³-hybridized carbons (Fsp3) is 1.00. The lowest BCUT2D eigenvalue weighted by Crippen LogP contribution is -2.07. The van der Waals surface area contributed by atoms with Crippen LogP contribution in [0.15, 0.2) is 0 Å². The van der Waals surface area contributed by atoms with E-state index in [9.17, 15) is 0 Å². The molecule has 0 fully saturated rings. The number of rotatable bonds is 2. The second-order valence-corrected chi connectivity index (χ2v) is 1.40. The molecule has 0 heterocycles. The van der Waals surface area contributed by atoms with Gasteiger partial charge in [-0.25, -0.2) is 0 Å². The lowest BCUT2D eigenvalue weighted by atomic mass is 10.3. The lowest BCUT2D eigenvalue weighted by molar-refractivity contribution is -0.0800. The van der Waals surface area contributed by atoms with E-state index in [0.717, 1.165) is 0 Å². The summed E-state index contributed by atoms with van der Waals surface area (Å²) in [6.45, 7) is 4.01. The summed E-state index contributed by atoms with van der Waals surface area (Å²) in [5, 5.41) is 29.8. The summed E-state index contributed by atoms with van der Waals surface area (Å²) in [6.07, 6.45) is -0.602. The van der Waals surface area contributed by atoms with Crippen LogP contribution in [0, 0.1) is 0 Å². The van der Waals surface area contributed by atoms with Crippen LogP contribution >= 0.6 is 0 Å². The van der Waals surface area contributed by atoms with E-state index in [1.54, 1.807) is 6.92 Å². The molecule has 62 valence electrons. The zero-order chi connectivity index (χ0) is 8.57. The van der Waals surface area contributed by atoms with E-state index in [0.29, 0.717) is 6.61 Å². The molecule has 0 bridgehead atoms. The topological polar surface area (TPSA) is 90.2 Å². The Hall–Kier alpha value is -0.135. The highest BCUT2D eigenvalue weighted by Gasteiger charge is 1.92. The van der Waals surface area contributed by atoms with Crippen LogP contribution in [0.4, 0.5) is 0 Å². The van der Waals surface area contributed by atoms with E-state index in [4.69, 9.17) is 20.2 Å². The van der Waals surface area contributed by atoms with Crippen molar-refractivity contribution in [2.45, 2.75) is 20.1 Å². The molecule has 0 saturated heterocycles. The zero-order valence-electron chi connectivity index (χ0n) is 6.06. The molecule has 0 aliphatic heterocycles. The van der Waals surface area contributed by atoms with Crippen LogP contribution in [-0.2, 0) is 4.74 Å². The van der Waals surface area contributed by atoms with Gasteiger partial charge in [-0.05, 0) is 13.8 Å². The average molecular weight is 152 g/mol. The Balaban J connectivity index is 0. The highest BCUT2D eigenvalue weighted by molar-refractivity contribution is 6.30. The Bertz CT molecular complexity index is 54.9. The first-order valence-corrected chi connectivity index (χ1v) is 2.84. The molecule has 0 amide bonds. The highest BCUT2D eigenvalue weighted by atomic mass is 16.6. The third-order valence-corrected chi connectivity index (χ3v) is 0.408. The van der Waals surface area contributed by atoms with Crippen molar-refractivity contribution >= 4 is 7.32 Å². The van der Waals surface area contributed by atoms with Gasteiger partial charge in [-0.2, -0.15) is 0 Å². The van der Waals surface area contributed by atoms with Crippen molar-refractivity contribution in [1.82, 2.24) is 0 Å². The maximum atomic E-state index is 8.33. The summed E-state index contributed by atoms with van der Waals surface area (Å²) in [5.74, 6) is 0. The monoisotopic (exact) mass is 152 g/mol. The van der Waals surface area contributed by atoms with Gasteiger partial charge >= 0.3 is 7.32 Å². The lowest BCUT2D eigenvalue weighted by Gasteiger charge is -1.99. The minimum atomic E-state index is -2.17. The highest BCUT2D eigenvalue weighted by Crippen LogP contribution is 1.78. The van der Waals surface area contributed by atoms with Gasteiger partial charge in [0.1, 0.15) is 0 Å². The summed E-state index contributed by atoms with van der Waals surface area (Å²) in [7, 11) is -2.17. The predicted octanol–water partition coefficient (Wildman–Crippen LogP) is -1.69. The molecule has 4 N–H and O–H groups in total. The molecule has 0 aliphatic rings. The van der Waals surface area contributed by atoms with Crippen molar-refractivity contribution in [1.29, 1.82) is 0 Å². The van der Waals surface area contributed by atoms with Gasteiger partial charge in [-0.1, -0.05) is 0 Å². The first kappa shape index (κ1) is 12.5. The third-order valence-electron chi connectivity index (χ3n) is 0.408. The Morgan fingerprint density at radius 3 is 1.70 bits per heavy atom. The predicted molar refractivity (Wildman–Crippen MR) is 35.7 cm³/mol. The van der Waals surface area contributed by atoms with E-state index in [1.165, 1.54) is 0 Å². The van der Waals surface area contributed by atoms with Crippen molar-refractivity contribution in [2.75, 3.05) is 6.61 Å². The van der Waals surface area contributed by atoms with Crippen molar-refractivity contribution in [3.63, 3.8) is 0 Å². The fourth-order valence-electron chi connectivity index (χ4n) is 0.241. The summed E-state index contributed by atoms with van der Waals surface area (Å²) >= 11 is 0. The average Bonchev–Trinajstić information content (AvgIpc) is 1.62. The summed E-state index contributed by atoms with van der Waals surface area (Å²) in [5.41, 5.74) is 0. The van der Waals surface area contributed by atoms with Crippen molar-refractivity contribution < 1.29 is 24.9 Å². The molecule has 0 aromatic heterocycles. The maximum absolute atomic E-state index is 8.33. The molecule has 0 saturated carbocycles. The quantitative estimate of drug-likeness (QED) is 0.280. The minimum absolute atomic E-state index is 0.581. The molecule has 10 heavy (non-hydrogen) atoms. The van der Waals surface area contributed by atoms with E-state index < -0.39 is 13.6 Å². The van der Waals surface area contributed by atoms with Gasteiger partial charge in [0.05, 0.1) is 0 Å². The molecule has 1 unspecified atom stereocenters. The van der Waals surface area contributed by atoms with Gasteiger partial charge in [0.2, 0.25) is 0 Å². The summed E-state index contributed by atoms with van der Waals surface area (Å²) < 4.78 is 4.60. The van der Waals surface area contributed by atoms with Crippen LogP contribution in [-0.4, -0.2) is 40.4 Å². The van der Waals surface area contributed by atoms with Gasteiger partial charge in [-0.3, -0.25) is 0 Å². The summed E-state index contributed by atoms with van der Waals surface area (Å²) in [4.78, 5) is 0. The molecule has 0 radical (unpaired) electrons. The molecule has 1 atom stereocenters. The van der Waals surface area contributed by atoms with Gasteiger partial charge in [0.15, 0.2) is 6.29 Å². The van der Waals surface area contributed by atoms with Crippen LogP contribution in [0.2, 0.25) is 0 Å². The molecule has 6 heteroatoms. The minimum Gasteiger partial charge on any atom is -0.402 e. The van der Waals surface area contributed by atoms with Crippen LogP contribution < -0.4 is 0 Å². The number of hydrogen-bond donors (Lipinski definition) is 4. The van der Waals surface area contributed by atoms with Gasteiger partial charge in [0, 0.05) is 6.61 Å². The number of hydrogen-bond acceptors (Lipinski definition) is 5. The van der Waals surface area contributed by atoms with Gasteiger partial charge in [-0.15, -0.1) is 0 Å². The van der Waals surface area contributed by atoms with Gasteiger partial charge in [0.25, 0.3) is 0 Å². The molecule has 0 aromatic carbocycles. The number of ether oxygens (including phenoxy) is 1. The van der Waals surface area contributed by atoms with Crippen molar-refractivity contribution in [2.24, 2.45) is 0 Å². The van der Waals surface area contributed by atoms with E-state index in [-0.39, 0.29) is 0 Å². The zero-order valence-corrected chi connectivity index (χ0v) is 6.06. The molecule has 0 rings (SSSR count). The van der Waals surface area contributed by atoms with Crippen LogP contribution in [0.5, 0.6) is 0 Å². The second kappa shape index (κ2) is 8.86. The first-order chi connectivity index (χ1) is 4.50. The largest absolute Gasteiger partial charge is 0.631 e. The maximum Gasteiger partial charge on any atom is 0.631 e. The molecule has 0 aliphatic carbocycles. The Labute approximate surface area is 60.1 Å². The third kappa shape index (κ3) is 45.2. The molecular formula is C4H13BO5. The van der Waals surface area contributed by atoms with Crippen LogP contribution in [0.1, 0.15) is 13.8 Å². The number of aliphatic hydroxyl groups excluding tert-OH is 1. The van der Waals surface area contributed by atoms with E-state index in [1.807, 2.05) is 6.92 Å². The molecule has 0 aromatic rings. The summed E-state index contributed by atoms with van der Waals surface area (Å²) in [6, 6.07) is 0. The van der Waals surface area contributed by atoms with Crippen molar-refractivity contribution in [3.8, 4) is 0 Å². The number of aliphatic hydroxyl groups is 1. The van der Waals surface area contributed by atoms with Crippen molar-refractivity contribution in [3.05, 3.63) is 0 Å². The Morgan fingerprint density at radius 2 is 1.70 bits per heavy atom. The van der Waals surface area contributed by atoms with E-state index >= 15 is 0 Å². The normalized spacial score (nSPS) is 11.4. The Kier molecular flexibility index (Phi) is 11.1. The van der Waals surface area contributed by atoms with Crippen LogP contribution in [0.3, 0.4) is 0 Å².